The van der Waals surface area contributed by atoms with Gasteiger partial charge in [-0.15, -0.1) is 11.3 Å². The summed E-state index contributed by atoms with van der Waals surface area (Å²) in [6.45, 7) is 2.43. The Labute approximate surface area is 171 Å². The SMILES string of the molecule is CCN(C(=O)CSc1ncc(S(=O)(=O)c2cccs2)c(N)n1)c1ccccc1. The van der Waals surface area contributed by atoms with Gasteiger partial charge in [0.15, 0.2) is 5.16 Å². The molecular formula is C18H18N4O3S3. The number of nitrogens with two attached hydrogens (primary N) is 1. The standard InChI is InChI=1S/C18H18N4O3S3/c1-2-22(13-7-4-3-5-8-13)15(23)12-27-18-20-11-14(17(19)21-18)28(24,25)16-9-6-10-26-16/h3-11H,2,12H2,1H3,(H2,19,20,21). The van der Waals surface area contributed by atoms with Crippen LogP contribution in [0.5, 0.6) is 0 Å². The molecule has 1 aromatic carbocycles. The summed E-state index contributed by atoms with van der Waals surface area (Å²) in [4.78, 5) is 22.2. The molecule has 2 N–H and O–H groups in total. The zero-order chi connectivity index (χ0) is 20.1. The monoisotopic (exact) mass is 434 g/mol. The number of para-hydroxylation sites is 1. The maximum absolute atomic E-state index is 12.6. The molecule has 3 rings (SSSR count). The van der Waals surface area contributed by atoms with E-state index in [1.807, 2.05) is 37.3 Å². The first-order chi connectivity index (χ1) is 13.4. The molecule has 146 valence electrons. The maximum atomic E-state index is 12.6. The van der Waals surface area contributed by atoms with Crippen molar-refractivity contribution in [3.63, 3.8) is 0 Å². The Hall–Kier alpha value is -2.43. The Morgan fingerprint density at radius 2 is 1.96 bits per heavy atom. The van der Waals surface area contributed by atoms with Crippen LogP contribution in [0.2, 0.25) is 0 Å². The average molecular weight is 435 g/mol. The molecule has 2 aromatic heterocycles. The molecule has 28 heavy (non-hydrogen) atoms. The number of anilines is 2. The minimum Gasteiger partial charge on any atom is -0.382 e. The summed E-state index contributed by atoms with van der Waals surface area (Å²) >= 11 is 2.21. The molecular weight excluding hydrogens is 416 g/mol. The van der Waals surface area contributed by atoms with E-state index in [0.29, 0.717) is 6.54 Å². The fourth-order valence-corrected chi connectivity index (χ4v) is 5.56. The van der Waals surface area contributed by atoms with E-state index in [2.05, 4.69) is 9.97 Å². The number of thioether (sulfide) groups is 1. The van der Waals surface area contributed by atoms with Crippen LogP contribution < -0.4 is 10.6 Å². The molecule has 10 heteroatoms. The first-order valence-corrected chi connectivity index (χ1v) is 11.7. The van der Waals surface area contributed by atoms with Crippen molar-refractivity contribution in [3.8, 4) is 0 Å². The van der Waals surface area contributed by atoms with Crippen molar-refractivity contribution in [2.45, 2.75) is 21.2 Å². The van der Waals surface area contributed by atoms with Gasteiger partial charge in [0.1, 0.15) is 14.9 Å². The second-order valence-corrected chi connectivity index (χ2v) is 9.63. The van der Waals surface area contributed by atoms with E-state index in [1.54, 1.807) is 16.3 Å². The van der Waals surface area contributed by atoms with Gasteiger partial charge in [-0.3, -0.25) is 4.79 Å². The summed E-state index contributed by atoms with van der Waals surface area (Å²) in [5.74, 6) is -0.121. The molecule has 0 aliphatic carbocycles. The van der Waals surface area contributed by atoms with Gasteiger partial charge >= 0.3 is 0 Å². The van der Waals surface area contributed by atoms with Gasteiger partial charge in [0.05, 0.1) is 11.9 Å². The fourth-order valence-electron chi connectivity index (χ4n) is 2.48. The number of carbonyl (C=O) groups is 1. The molecule has 0 radical (unpaired) electrons. The molecule has 0 fully saturated rings. The number of hydrogen-bond donors (Lipinski definition) is 1. The van der Waals surface area contributed by atoms with Gasteiger partial charge in [0.25, 0.3) is 0 Å². The van der Waals surface area contributed by atoms with Crippen LogP contribution in [0.25, 0.3) is 0 Å². The Kier molecular flexibility index (Phi) is 6.32. The topological polar surface area (TPSA) is 106 Å². The third-order valence-corrected chi connectivity index (χ3v) is 7.83. The lowest BCUT2D eigenvalue weighted by Crippen LogP contribution is -2.32. The Bertz CT molecular complexity index is 1050. The van der Waals surface area contributed by atoms with Crippen molar-refractivity contribution >= 4 is 50.3 Å². The van der Waals surface area contributed by atoms with Crippen LogP contribution in [0, 0.1) is 0 Å². The number of sulfone groups is 1. The zero-order valence-electron chi connectivity index (χ0n) is 15.0. The van der Waals surface area contributed by atoms with Gasteiger partial charge < -0.3 is 10.6 Å². The van der Waals surface area contributed by atoms with E-state index < -0.39 is 9.84 Å². The summed E-state index contributed by atoms with van der Waals surface area (Å²) in [6, 6.07) is 12.5. The summed E-state index contributed by atoms with van der Waals surface area (Å²) in [7, 11) is -3.74. The predicted octanol–water partition coefficient (Wildman–Crippen LogP) is 3.10. The number of benzene rings is 1. The number of aromatic nitrogens is 2. The van der Waals surface area contributed by atoms with Crippen LogP contribution in [0.3, 0.4) is 0 Å². The summed E-state index contributed by atoms with van der Waals surface area (Å²) in [5.41, 5.74) is 6.68. The van der Waals surface area contributed by atoms with Crippen LogP contribution >= 0.6 is 23.1 Å². The number of hydrogen-bond acceptors (Lipinski definition) is 8. The highest BCUT2D eigenvalue weighted by atomic mass is 32.2. The zero-order valence-corrected chi connectivity index (χ0v) is 17.4. The average Bonchev–Trinajstić information content (AvgIpc) is 3.23. The van der Waals surface area contributed by atoms with Crippen molar-refractivity contribution in [2.24, 2.45) is 0 Å². The molecule has 0 unspecified atom stereocenters. The smallest absolute Gasteiger partial charge is 0.237 e. The quantitative estimate of drug-likeness (QED) is 0.450. The molecule has 0 aliphatic heterocycles. The Morgan fingerprint density at radius 3 is 2.57 bits per heavy atom. The van der Waals surface area contributed by atoms with Gasteiger partial charge in [0.2, 0.25) is 15.7 Å². The number of thiophene rings is 1. The lowest BCUT2D eigenvalue weighted by Gasteiger charge is -2.20. The Morgan fingerprint density at radius 1 is 1.21 bits per heavy atom. The third-order valence-electron chi connectivity index (χ3n) is 3.82. The number of nitrogen functional groups attached to an aromatic ring is 1. The highest BCUT2D eigenvalue weighted by molar-refractivity contribution is 7.99. The van der Waals surface area contributed by atoms with E-state index in [-0.39, 0.29) is 31.7 Å². The molecule has 0 spiro atoms. The number of carbonyl (C=O) groups excluding carboxylic acids is 1. The summed E-state index contributed by atoms with van der Waals surface area (Å²) in [5, 5.41) is 1.92. The van der Waals surface area contributed by atoms with Gasteiger partial charge in [0, 0.05) is 12.2 Å². The third kappa shape index (κ3) is 4.34. The molecule has 0 atom stereocenters. The highest BCUT2D eigenvalue weighted by Gasteiger charge is 2.24. The largest absolute Gasteiger partial charge is 0.382 e. The van der Waals surface area contributed by atoms with Gasteiger partial charge in [-0.1, -0.05) is 36.0 Å². The predicted molar refractivity (Wildman–Crippen MR) is 111 cm³/mol. The molecule has 2 heterocycles. The van der Waals surface area contributed by atoms with Gasteiger partial charge in [-0.25, -0.2) is 18.4 Å². The van der Waals surface area contributed by atoms with E-state index in [4.69, 9.17) is 5.73 Å². The van der Waals surface area contributed by atoms with Crippen LogP contribution in [0.4, 0.5) is 11.5 Å². The van der Waals surface area contributed by atoms with Crippen LogP contribution in [-0.2, 0) is 14.6 Å². The van der Waals surface area contributed by atoms with Gasteiger partial charge in [-0.2, -0.15) is 0 Å². The second-order valence-electron chi connectivity index (χ2n) is 5.60. The summed E-state index contributed by atoms with van der Waals surface area (Å²) < 4.78 is 25.3. The first-order valence-electron chi connectivity index (χ1n) is 8.32. The maximum Gasteiger partial charge on any atom is 0.237 e. The lowest BCUT2D eigenvalue weighted by molar-refractivity contribution is -0.116. The van der Waals surface area contributed by atoms with Gasteiger partial charge in [-0.05, 0) is 30.5 Å². The fraction of sp³-hybridized carbons (Fsp3) is 0.167. The number of nitrogens with zero attached hydrogens (tertiary/aromatic N) is 3. The Balaban J connectivity index is 1.72. The first kappa shape index (κ1) is 20.3. The van der Waals surface area contributed by atoms with E-state index in [1.165, 1.54) is 12.3 Å². The highest BCUT2D eigenvalue weighted by Crippen LogP contribution is 2.28. The molecule has 0 saturated carbocycles. The van der Waals surface area contributed by atoms with Crippen molar-refractivity contribution in [3.05, 3.63) is 54.0 Å². The molecule has 0 bridgehead atoms. The molecule has 1 amide bonds. The van der Waals surface area contributed by atoms with Crippen molar-refractivity contribution in [1.82, 2.24) is 9.97 Å². The van der Waals surface area contributed by atoms with Crippen molar-refractivity contribution in [2.75, 3.05) is 22.9 Å². The van der Waals surface area contributed by atoms with E-state index >= 15 is 0 Å². The lowest BCUT2D eigenvalue weighted by atomic mass is 10.3. The van der Waals surface area contributed by atoms with Crippen molar-refractivity contribution < 1.29 is 13.2 Å². The minimum atomic E-state index is -3.74. The number of rotatable bonds is 7. The number of amides is 1. The van der Waals surface area contributed by atoms with E-state index in [0.717, 1.165) is 28.8 Å². The second kappa shape index (κ2) is 8.72. The van der Waals surface area contributed by atoms with E-state index in [9.17, 15) is 13.2 Å². The molecule has 0 aliphatic rings. The molecule has 3 aromatic rings. The van der Waals surface area contributed by atoms with Crippen LogP contribution in [0.1, 0.15) is 6.92 Å². The van der Waals surface area contributed by atoms with Crippen LogP contribution in [0.15, 0.2) is 68.3 Å². The minimum absolute atomic E-state index is 0.101. The normalized spacial score (nSPS) is 11.3. The van der Waals surface area contributed by atoms with Crippen LogP contribution in [-0.4, -0.2) is 36.6 Å². The summed E-state index contributed by atoms with van der Waals surface area (Å²) in [6.07, 6.45) is 1.19. The molecule has 7 nitrogen and oxygen atoms in total. The van der Waals surface area contributed by atoms with Crippen molar-refractivity contribution in [1.29, 1.82) is 0 Å². The molecule has 0 saturated heterocycles.